The monoisotopic (exact) mass is 297 g/mol. The van der Waals surface area contributed by atoms with E-state index in [1.807, 2.05) is 18.7 Å². The zero-order chi connectivity index (χ0) is 14.8. The van der Waals surface area contributed by atoms with Gasteiger partial charge in [0.05, 0.1) is 10.4 Å². The number of hydrogen-bond donors (Lipinski definition) is 1. The van der Waals surface area contributed by atoms with E-state index in [0.717, 1.165) is 19.5 Å². The second kappa shape index (κ2) is 6.39. The van der Waals surface area contributed by atoms with Gasteiger partial charge in [0.2, 0.25) is 5.91 Å². The van der Waals surface area contributed by atoms with E-state index in [1.54, 1.807) is 0 Å². The van der Waals surface area contributed by atoms with Crippen molar-refractivity contribution in [3.8, 4) is 0 Å². The van der Waals surface area contributed by atoms with E-state index >= 15 is 0 Å². The zero-order valence-electron chi connectivity index (χ0n) is 12.7. The van der Waals surface area contributed by atoms with Crippen LogP contribution in [0.4, 0.5) is 0 Å². The van der Waals surface area contributed by atoms with Gasteiger partial charge in [-0.1, -0.05) is 25.6 Å². The Balaban J connectivity index is 1.98. The molecular formula is C15H27N3OS. The number of nitrogens with two attached hydrogens (primary N) is 1. The molecule has 20 heavy (non-hydrogen) atoms. The molecule has 0 saturated carbocycles. The smallest absolute Gasteiger partial charge is 0.235 e. The summed E-state index contributed by atoms with van der Waals surface area (Å²) in [7, 11) is 0. The van der Waals surface area contributed by atoms with Gasteiger partial charge in [-0.25, -0.2) is 0 Å². The third kappa shape index (κ3) is 2.98. The number of piperidine rings is 1. The van der Waals surface area contributed by atoms with Crippen molar-refractivity contribution in [2.45, 2.75) is 52.0 Å². The van der Waals surface area contributed by atoms with Gasteiger partial charge in [0.1, 0.15) is 0 Å². The molecule has 2 rings (SSSR count). The second-order valence-electron chi connectivity index (χ2n) is 6.34. The molecule has 2 heterocycles. The first-order valence-electron chi connectivity index (χ1n) is 7.82. The molecule has 1 amide bonds. The van der Waals surface area contributed by atoms with E-state index in [-0.39, 0.29) is 5.91 Å². The van der Waals surface area contributed by atoms with Crippen LogP contribution in [0.15, 0.2) is 0 Å². The lowest BCUT2D eigenvalue weighted by molar-refractivity contribution is -0.136. The maximum Gasteiger partial charge on any atom is 0.235 e. The molecule has 0 aromatic carbocycles. The van der Waals surface area contributed by atoms with Crippen LogP contribution in [-0.4, -0.2) is 52.9 Å². The Morgan fingerprint density at radius 1 is 1.30 bits per heavy atom. The van der Waals surface area contributed by atoms with Gasteiger partial charge in [0.25, 0.3) is 0 Å². The van der Waals surface area contributed by atoms with Crippen LogP contribution in [0, 0.1) is 5.41 Å². The van der Waals surface area contributed by atoms with Crippen LogP contribution in [0.5, 0.6) is 0 Å². The molecule has 0 radical (unpaired) electrons. The fourth-order valence-electron chi connectivity index (χ4n) is 3.29. The van der Waals surface area contributed by atoms with E-state index in [9.17, 15) is 4.79 Å². The Hall–Kier alpha value is -0.680. The SMILES string of the molecule is CCC(C)(C(=O)N1CCC(N2CCCCC2)C1)C(N)=S. The first-order valence-corrected chi connectivity index (χ1v) is 8.23. The average Bonchev–Trinajstić information content (AvgIpc) is 2.96. The number of thiocarbonyl (C=S) groups is 1. The molecular weight excluding hydrogens is 270 g/mol. The van der Waals surface area contributed by atoms with Crippen LogP contribution >= 0.6 is 12.2 Å². The Morgan fingerprint density at radius 2 is 1.95 bits per heavy atom. The van der Waals surface area contributed by atoms with Gasteiger partial charge in [0.15, 0.2) is 0 Å². The minimum absolute atomic E-state index is 0.118. The highest BCUT2D eigenvalue weighted by Crippen LogP contribution is 2.28. The standard InChI is InChI=1S/C15H27N3OS/c1-3-15(2,13(16)20)14(19)18-10-7-12(11-18)17-8-5-4-6-9-17/h12H,3-11H2,1-2H3,(H2,16,20). The van der Waals surface area contributed by atoms with Crippen molar-refractivity contribution in [1.29, 1.82) is 0 Å². The van der Waals surface area contributed by atoms with E-state index in [2.05, 4.69) is 4.90 Å². The number of likely N-dealkylation sites (tertiary alicyclic amines) is 2. The van der Waals surface area contributed by atoms with Gasteiger partial charge in [-0.05, 0) is 45.7 Å². The molecule has 2 aliphatic heterocycles. The maximum absolute atomic E-state index is 12.7. The summed E-state index contributed by atoms with van der Waals surface area (Å²) in [5, 5.41) is 0. The molecule has 0 aromatic rings. The van der Waals surface area contributed by atoms with E-state index in [4.69, 9.17) is 18.0 Å². The molecule has 2 atom stereocenters. The molecule has 0 aromatic heterocycles. The Kier molecular flexibility index (Phi) is 5.02. The highest BCUT2D eigenvalue weighted by Gasteiger charge is 2.41. The van der Waals surface area contributed by atoms with Crippen LogP contribution in [0.3, 0.4) is 0 Å². The molecule has 2 N–H and O–H groups in total. The summed E-state index contributed by atoms with van der Waals surface area (Å²) in [6.07, 6.45) is 5.70. The Bertz CT molecular complexity index is 381. The average molecular weight is 297 g/mol. The summed E-state index contributed by atoms with van der Waals surface area (Å²) in [6.45, 7) is 7.93. The maximum atomic E-state index is 12.7. The molecule has 0 bridgehead atoms. The highest BCUT2D eigenvalue weighted by atomic mass is 32.1. The fourth-order valence-corrected chi connectivity index (χ4v) is 3.52. The number of carbonyl (C=O) groups excluding carboxylic acids is 1. The number of rotatable bonds is 4. The molecule has 5 heteroatoms. The van der Waals surface area contributed by atoms with Crippen molar-refractivity contribution in [3.05, 3.63) is 0 Å². The summed E-state index contributed by atoms with van der Waals surface area (Å²) in [6, 6.07) is 0.534. The van der Waals surface area contributed by atoms with Gasteiger partial charge in [0, 0.05) is 19.1 Å². The molecule has 114 valence electrons. The van der Waals surface area contributed by atoms with Crippen molar-refractivity contribution < 1.29 is 4.79 Å². The van der Waals surface area contributed by atoms with Gasteiger partial charge < -0.3 is 10.6 Å². The lowest BCUT2D eigenvalue weighted by atomic mass is 9.86. The summed E-state index contributed by atoms with van der Waals surface area (Å²) >= 11 is 5.12. The van der Waals surface area contributed by atoms with E-state index < -0.39 is 5.41 Å². The summed E-state index contributed by atoms with van der Waals surface area (Å²) in [4.78, 5) is 17.6. The van der Waals surface area contributed by atoms with Crippen molar-refractivity contribution in [2.24, 2.45) is 11.1 Å². The Labute approximate surface area is 127 Å². The largest absolute Gasteiger partial charge is 0.392 e. The minimum atomic E-state index is -0.674. The first-order chi connectivity index (χ1) is 9.49. The van der Waals surface area contributed by atoms with Crippen LogP contribution in [0.2, 0.25) is 0 Å². The molecule has 2 unspecified atom stereocenters. The molecule has 2 saturated heterocycles. The van der Waals surface area contributed by atoms with Gasteiger partial charge in [-0.3, -0.25) is 9.69 Å². The van der Waals surface area contributed by atoms with Crippen LogP contribution in [-0.2, 0) is 4.79 Å². The normalized spacial score (nSPS) is 27.3. The van der Waals surface area contributed by atoms with Crippen LogP contribution in [0.1, 0.15) is 46.0 Å². The summed E-state index contributed by atoms with van der Waals surface area (Å²) in [5.74, 6) is 0.118. The summed E-state index contributed by atoms with van der Waals surface area (Å²) < 4.78 is 0. The predicted molar refractivity (Wildman–Crippen MR) is 85.6 cm³/mol. The molecule has 0 aliphatic carbocycles. The highest BCUT2D eigenvalue weighted by molar-refractivity contribution is 7.80. The van der Waals surface area contributed by atoms with Crippen molar-refractivity contribution in [1.82, 2.24) is 9.80 Å². The quantitative estimate of drug-likeness (QED) is 0.804. The van der Waals surface area contributed by atoms with Crippen LogP contribution in [0.25, 0.3) is 0 Å². The lowest BCUT2D eigenvalue weighted by Crippen LogP contribution is -2.49. The third-order valence-electron chi connectivity index (χ3n) is 5.08. The van der Waals surface area contributed by atoms with E-state index in [1.165, 1.54) is 32.4 Å². The van der Waals surface area contributed by atoms with Crippen LogP contribution < -0.4 is 5.73 Å². The number of carbonyl (C=O) groups is 1. The zero-order valence-corrected chi connectivity index (χ0v) is 13.5. The van der Waals surface area contributed by atoms with Crippen molar-refractivity contribution in [2.75, 3.05) is 26.2 Å². The summed E-state index contributed by atoms with van der Waals surface area (Å²) in [5.41, 5.74) is 5.13. The van der Waals surface area contributed by atoms with Crippen molar-refractivity contribution >= 4 is 23.1 Å². The fraction of sp³-hybridized carbons (Fsp3) is 0.867. The van der Waals surface area contributed by atoms with Gasteiger partial charge >= 0.3 is 0 Å². The molecule has 4 nitrogen and oxygen atoms in total. The number of amides is 1. The first kappa shape index (κ1) is 15.7. The van der Waals surface area contributed by atoms with Crippen molar-refractivity contribution in [3.63, 3.8) is 0 Å². The van der Waals surface area contributed by atoms with Gasteiger partial charge in [-0.15, -0.1) is 0 Å². The molecule has 2 fully saturated rings. The molecule has 2 aliphatic rings. The Morgan fingerprint density at radius 3 is 2.50 bits per heavy atom. The molecule has 0 spiro atoms. The minimum Gasteiger partial charge on any atom is -0.392 e. The lowest BCUT2D eigenvalue weighted by Gasteiger charge is -2.34. The second-order valence-corrected chi connectivity index (χ2v) is 6.78. The predicted octanol–water partition coefficient (Wildman–Crippen LogP) is 1.78. The number of nitrogens with zero attached hydrogens (tertiary/aromatic N) is 2. The number of hydrogen-bond acceptors (Lipinski definition) is 3. The van der Waals surface area contributed by atoms with Gasteiger partial charge in [-0.2, -0.15) is 0 Å². The third-order valence-corrected chi connectivity index (χ3v) is 5.53. The topological polar surface area (TPSA) is 49.6 Å². The van der Waals surface area contributed by atoms with E-state index in [0.29, 0.717) is 17.5 Å².